The van der Waals surface area contributed by atoms with Gasteiger partial charge < -0.3 is 4.74 Å². The average molecular weight is 140 g/mol. The van der Waals surface area contributed by atoms with Gasteiger partial charge in [-0.3, -0.25) is 4.79 Å². The Morgan fingerprint density at radius 3 is 2.70 bits per heavy atom. The highest BCUT2D eigenvalue weighted by atomic mass is 16.5. The van der Waals surface area contributed by atoms with Crippen LogP contribution < -0.4 is 0 Å². The topological polar surface area (TPSA) is 26.3 Å². The highest BCUT2D eigenvalue weighted by Crippen LogP contribution is 2.19. The first-order valence-corrected chi connectivity index (χ1v) is 3.59. The highest BCUT2D eigenvalue weighted by Gasteiger charge is 2.14. The third kappa shape index (κ3) is 1.59. The van der Waals surface area contributed by atoms with Crippen LogP contribution in [0.2, 0.25) is 0 Å². The lowest BCUT2D eigenvalue weighted by molar-refractivity contribution is -0.116. The summed E-state index contributed by atoms with van der Waals surface area (Å²) >= 11 is 0. The molecule has 0 saturated heterocycles. The lowest BCUT2D eigenvalue weighted by atomic mass is 9.95. The summed E-state index contributed by atoms with van der Waals surface area (Å²) in [6, 6.07) is 0. The van der Waals surface area contributed by atoms with E-state index in [0.29, 0.717) is 6.42 Å². The van der Waals surface area contributed by atoms with Gasteiger partial charge >= 0.3 is 0 Å². The molecule has 2 heteroatoms. The van der Waals surface area contributed by atoms with Crippen LogP contribution in [0.3, 0.4) is 0 Å². The van der Waals surface area contributed by atoms with Crippen molar-refractivity contribution < 1.29 is 9.53 Å². The molecule has 10 heavy (non-hydrogen) atoms. The minimum absolute atomic E-state index is 0.258. The first-order chi connectivity index (χ1) is 4.84. The molecule has 0 aromatic heterocycles. The zero-order valence-corrected chi connectivity index (χ0v) is 6.22. The van der Waals surface area contributed by atoms with Gasteiger partial charge in [0.25, 0.3) is 0 Å². The zero-order valence-electron chi connectivity index (χ0n) is 6.22. The van der Waals surface area contributed by atoms with E-state index >= 15 is 0 Å². The van der Waals surface area contributed by atoms with Gasteiger partial charge in [0.2, 0.25) is 0 Å². The van der Waals surface area contributed by atoms with E-state index in [1.807, 2.05) is 0 Å². The lowest BCUT2D eigenvalue weighted by Gasteiger charge is -2.10. The summed E-state index contributed by atoms with van der Waals surface area (Å²) in [5.41, 5.74) is 0.855. The van der Waals surface area contributed by atoms with Gasteiger partial charge in [-0.05, 0) is 19.3 Å². The molecule has 1 fully saturated rings. The van der Waals surface area contributed by atoms with Crippen LogP contribution in [0.5, 0.6) is 0 Å². The number of ketones is 1. The van der Waals surface area contributed by atoms with Crippen LogP contribution in [0.1, 0.15) is 25.7 Å². The quantitative estimate of drug-likeness (QED) is 0.409. The van der Waals surface area contributed by atoms with E-state index in [1.165, 1.54) is 0 Å². The van der Waals surface area contributed by atoms with Crippen molar-refractivity contribution in [3.8, 4) is 0 Å². The standard InChI is InChI=1S/C8H12O2/c1-10-6-7-4-2-3-5-8(7)9/h6H,2-5H2,1H3/b7-6-. The minimum atomic E-state index is 0.258. The Morgan fingerprint density at radius 1 is 1.40 bits per heavy atom. The van der Waals surface area contributed by atoms with Crippen LogP contribution >= 0.6 is 0 Å². The van der Waals surface area contributed by atoms with Gasteiger partial charge in [0, 0.05) is 12.0 Å². The molecular weight excluding hydrogens is 128 g/mol. The van der Waals surface area contributed by atoms with Crippen LogP contribution in [0.25, 0.3) is 0 Å². The molecule has 0 N–H and O–H groups in total. The number of ether oxygens (including phenoxy) is 1. The monoisotopic (exact) mass is 140 g/mol. The molecule has 2 nitrogen and oxygen atoms in total. The van der Waals surface area contributed by atoms with Gasteiger partial charge in [-0.25, -0.2) is 0 Å². The number of hydrogen-bond acceptors (Lipinski definition) is 2. The average Bonchev–Trinajstić information content (AvgIpc) is 1.94. The van der Waals surface area contributed by atoms with E-state index in [9.17, 15) is 4.79 Å². The second-order valence-electron chi connectivity index (χ2n) is 2.51. The summed E-state index contributed by atoms with van der Waals surface area (Å²) in [5.74, 6) is 0.258. The van der Waals surface area contributed by atoms with Crippen molar-refractivity contribution in [2.24, 2.45) is 0 Å². The number of methoxy groups -OCH3 is 1. The van der Waals surface area contributed by atoms with Gasteiger partial charge in [-0.15, -0.1) is 0 Å². The summed E-state index contributed by atoms with van der Waals surface area (Å²) in [5, 5.41) is 0. The summed E-state index contributed by atoms with van der Waals surface area (Å²) in [6.07, 6.45) is 5.34. The van der Waals surface area contributed by atoms with Crippen LogP contribution in [-0.4, -0.2) is 12.9 Å². The third-order valence-corrected chi connectivity index (χ3v) is 1.72. The molecule has 0 spiro atoms. The van der Waals surface area contributed by atoms with Crippen molar-refractivity contribution >= 4 is 5.78 Å². The first kappa shape index (κ1) is 7.32. The molecule has 1 aliphatic rings. The van der Waals surface area contributed by atoms with Gasteiger partial charge in [-0.2, -0.15) is 0 Å². The van der Waals surface area contributed by atoms with Gasteiger partial charge in [0.1, 0.15) is 0 Å². The maximum Gasteiger partial charge on any atom is 0.161 e. The van der Waals surface area contributed by atoms with E-state index in [0.717, 1.165) is 24.8 Å². The molecule has 56 valence electrons. The molecule has 0 aromatic carbocycles. The second-order valence-corrected chi connectivity index (χ2v) is 2.51. The van der Waals surface area contributed by atoms with E-state index in [1.54, 1.807) is 13.4 Å². The van der Waals surface area contributed by atoms with Gasteiger partial charge in [0.15, 0.2) is 5.78 Å². The second kappa shape index (κ2) is 3.40. The van der Waals surface area contributed by atoms with E-state index in [2.05, 4.69) is 0 Å². The summed E-state index contributed by atoms with van der Waals surface area (Å²) in [7, 11) is 1.58. The molecule has 1 aliphatic carbocycles. The SMILES string of the molecule is CO/C=C1/CCCCC1=O. The summed E-state index contributed by atoms with van der Waals surface area (Å²) < 4.78 is 4.77. The van der Waals surface area contributed by atoms with Crippen LogP contribution in [0.4, 0.5) is 0 Å². The maximum atomic E-state index is 11.0. The van der Waals surface area contributed by atoms with Crippen molar-refractivity contribution in [2.45, 2.75) is 25.7 Å². The van der Waals surface area contributed by atoms with Crippen molar-refractivity contribution in [1.29, 1.82) is 0 Å². The Hall–Kier alpha value is -0.790. The Kier molecular flexibility index (Phi) is 2.49. The van der Waals surface area contributed by atoms with Crippen LogP contribution in [-0.2, 0) is 9.53 Å². The number of carbonyl (C=O) groups excluding carboxylic acids is 1. The molecule has 0 aliphatic heterocycles. The molecule has 0 bridgehead atoms. The molecule has 0 aromatic rings. The fraction of sp³-hybridized carbons (Fsp3) is 0.625. The Morgan fingerprint density at radius 2 is 2.10 bits per heavy atom. The fourth-order valence-corrected chi connectivity index (χ4v) is 1.17. The van der Waals surface area contributed by atoms with Crippen LogP contribution in [0.15, 0.2) is 11.8 Å². The minimum Gasteiger partial charge on any atom is -0.504 e. The van der Waals surface area contributed by atoms with Gasteiger partial charge in [-0.1, -0.05) is 0 Å². The normalized spacial score (nSPS) is 23.3. The Labute approximate surface area is 60.9 Å². The largest absolute Gasteiger partial charge is 0.504 e. The lowest BCUT2D eigenvalue weighted by Crippen LogP contribution is -2.08. The summed E-state index contributed by atoms with van der Waals surface area (Å²) in [6.45, 7) is 0. The molecular formula is C8H12O2. The van der Waals surface area contributed by atoms with Crippen LogP contribution in [0, 0.1) is 0 Å². The maximum absolute atomic E-state index is 11.0. The van der Waals surface area contributed by atoms with E-state index in [4.69, 9.17) is 4.74 Å². The number of Topliss-reactive ketones (excluding diaryl/α,β-unsaturated/α-hetero) is 1. The predicted molar refractivity (Wildman–Crippen MR) is 38.6 cm³/mol. The predicted octanol–water partition coefficient (Wildman–Crippen LogP) is 1.66. The molecule has 0 atom stereocenters. The smallest absolute Gasteiger partial charge is 0.161 e. The van der Waals surface area contributed by atoms with Crippen molar-refractivity contribution in [3.05, 3.63) is 11.8 Å². The Bertz CT molecular complexity index is 159. The molecule has 1 rings (SSSR count). The number of carbonyl (C=O) groups is 1. The van der Waals surface area contributed by atoms with E-state index in [-0.39, 0.29) is 5.78 Å². The van der Waals surface area contributed by atoms with Crippen molar-refractivity contribution in [3.63, 3.8) is 0 Å². The number of hydrogen-bond donors (Lipinski definition) is 0. The van der Waals surface area contributed by atoms with E-state index < -0.39 is 0 Å². The molecule has 0 heterocycles. The molecule has 0 unspecified atom stereocenters. The van der Waals surface area contributed by atoms with Crippen molar-refractivity contribution in [1.82, 2.24) is 0 Å². The summed E-state index contributed by atoms with van der Waals surface area (Å²) in [4.78, 5) is 11.0. The first-order valence-electron chi connectivity index (χ1n) is 3.59. The van der Waals surface area contributed by atoms with Gasteiger partial charge in [0.05, 0.1) is 13.4 Å². The van der Waals surface area contributed by atoms with Crippen molar-refractivity contribution in [2.75, 3.05) is 7.11 Å². The fourth-order valence-electron chi connectivity index (χ4n) is 1.17. The third-order valence-electron chi connectivity index (χ3n) is 1.72. The molecule has 0 radical (unpaired) electrons. The number of allylic oxidation sites excluding steroid dienone is 1. The molecule has 1 saturated carbocycles. The Balaban J connectivity index is 2.56. The number of rotatable bonds is 1. The highest BCUT2D eigenvalue weighted by molar-refractivity contribution is 5.95. The molecule has 0 amide bonds. The zero-order chi connectivity index (χ0) is 7.40.